The van der Waals surface area contributed by atoms with Crippen LogP contribution in [0.1, 0.15) is 34.6 Å². The van der Waals surface area contributed by atoms with Gasteiger partial charge >= 0.3 is 0 Å². The molecule has 1 amide bonds. The Labute approximate surface area is 168 Å². The lowest BCUT2D eigenvalue weighted by Crippen LogP contribution is -2.22. The maximum atomic E-state index is 12.7. The zero-order valence-corrected chi connectivity index (χ0v) is 16.6. The molecule has 1 atom stereocenters. The van der Waals surface area contributed by atoms with E-state index in [-0.39, 0.29) is 5.91 Å². The average Bonchev–Trinajstić information content (AvgIpc) is 3.43. The molecule has 0 radical (unpaired) electrons. The molecule has 7 heteroatoms. The van der Waals surface area contributed by atoms with Crippen molar-refractivity contribution in [2.24, 2.45) is 0 Å². The summed E-state index contributed by atoms with van der Waals surface area (Å²) >= 11 is 1.44. The summed E-state index contributed by atoms with van der Waals surface area (Å²) in [5.74, 6) is -0.153. The summed E-state index contributed by atoms with van der Waals surface area (Å²) in [5.41, 5.74) is 2.59. The van der Waals surface area contributed by atoms with Gasteiger partial charge in [-0.1, -0.05) is 6.08 Å². The number of pyridine rings is 1. The molecule has 6 nitrogen and oxygen atoms in total. The van der Waals surface area contributed by atoms with Gasteiger partial charge in [-0.25, -0.2) is 4.98 Å². The van der Waals surface area contributed by atoms with E-state index in [4.69, 9.17) is 0 Å². The zero-order chi connectivity index (χ0) is 19.3. The SMILES string of the molecule is CN1CCC[C@@H]1/C=C/c1csc(NC(=O)c2cccn2Cc2ccncc2)n1. The smallest absolute Gasteiger partial charge is 0.274 e. The van der Waals surface area contributed by atoms with Crippen LogP contribution in [0.5, 0.6) is 0 Å². The fraction of sp³-hybridized carbons (Fsp3) is 0.286. The van der Waals surface area contributed by atoms with E-state index in [1.807, 2.05) is 46.5 Å². The molecule has 0 unspecified atom stereocenters. The molecule has 1 saturated heterocycles. The van der Waals surface area contributed by atoms with Crippen LogP contribution in [0.3, 0.4) is 0 Å². The van der Waals surface area contributed by atoms with Crippen molar-refractivity contribution in [3.05, 3.63) is 71.3 Å². The minimum atomic E-state index is -0.153. The normalized spacial score (nSPS) is 17.4. The minimum absolute atomic E-state index is 0.153. The van der Waals surface area contributed by atoms with Crippen LogP contribution in [0.4, 0.5) is 5.13 Å². The van der Waals surface area contributed by atoms with Crippen molar-refractivity contribution < 1.29 is 4.79 Å². The van der Waals surface area contributed by atoms with Crippen LogP contribution in [-0.4, -0.2) is 45.0 Å². The van der Waals surface area contributed by atoms with Gasteiger partial charge < -0.3 is 4.57 Å². The lowest BCUT2D eigenvalue weighted by molar-refractivity contribution is 0.101. The predicted molar refractivity (Wildman–Crippen MR) is 113 cm³/mol. The second-order valence-electron chi connectivity index (χ2n) is 6.96. The lowest BCUT2D eigenvalue weighted by atomic mass is 10.2. The maximum Gasteiger partial charge on any atom is 0.274 e. The number of likely N-dealkylation sites (tertiary alicyclic amines) is 1. The largest absolute Gasteiger partial charge is 0.339 e. The number of nitrogens with one attached hydrogen (secondary N) is 1. The van der Waals surface area contributed by atoms with E-state index in [0.29, 0.717) is 23.4 Å². The Morgan fingerprint density at radius 2 is 2.21 bits per heavy atom. The van der Waals surface area contributed by atoms with Crippen molar-refractivity contribution in [2.75, 3.05) is 18.9 Å². The summed E-state index contributed by atoms with van der Waals surface area (Å²) < 4.78 is 1.93. The monoisotopic (exact) mass is 393 g/mol. The van der Waals surface area contributed by atoms with Crippen LogP contribution >= 0.6 is 11.3 Å². The fourth-order valence-electron chi connectivity index (χ4n) is 3.41. The highest BCUT2D eigenvalue weighted by atomic mass is 32.1. The summed E-state index contributed by atoms with van der Waals surface area (Å²) in [7, 11) is 2.15. The van der Waals surface area contributed by atoms with Gasteiger partial charge in [0.25, 0.3) is 5.91 Å². The van der Waals surface area contributed by atoms with E-state index in [2.05, 4.69) is 33.3 Å². The van der Waals surface area contributed by atoms with Crippen molar-refractivity contribution in [3.63, 3.8) is 0 Å². The van der Waals surface area contributed by atoms with Gasteiger partial charge in [0.1, 0.15) is 5.69 Å². The third-order valence-corrected chi connectivity index (χ3v) is 5.75. The van der Waals surface area contributed by atoms with Crippen molar-refractivity contribution in [1.29, 1.82) is 0 Å². The first-order valence-electron chi connectivity index (χ1n) is 9.38. The van der Waals surface area contributed by atoms with E-state index in [1.54, 1.807) is 12.4 Å². The highest BCUT2D eigenvalue weighted by Crippen LogP contribution is 2.20. The Hall–Kier alpha value is -2.77. The summed E-state index contributed by atoms with van der Waals surface area (Å²) in [4.78, 5) is 23.6. The molecule has 3 aromatic heterocycles. The lowest BCUT2D eigenvalue weighted by Gasteiger charge is -2.14. The number of rotatable bonds is 6. The number of amides is 1. The Balaban J connectivity index is 1.40. The fourth-order valence-corrected chi connectivity index (χ4v) is 4.09. The van der Waals surface area contributed by atoms with Gasteiger partial charge in [0.15, 0.2) is 5.13 Å². The third kappa shape index (κ3) is 4.37. The van der Waals surface area contributed by atoms with Gasteiger partial charge in [0.05, 0.1) is 5.69 Å². The molecule has 0 bridgehead atoms. The number of hydrogen-bond donors (Lipinski definition) is 1. The Kier molecular flexibility index (Phi) is 5.64. The molecular formula is C21H23N5OS. The van der Waals surface area contributed by atoms with Crippen LogP contribution in [-0.2, 0) is 6.54 Å². The summed E-state index contributed by atoms with van der Waals surface area (Å²) in [5, 5.41) is 5.50. The highest BCUT2D eigenvalue weighted by Gasteiger charge is 2.18. The first kappa shape index (κ1) is 18.6. The topological polar surface area (TPSA) is 63.1 Å². The van der Waals surface area contributed by atoms with Gasteiger partial charge in [0, 0.05) is 36.6 Å². The Morgan fingerprint density at radius 3 is 3.00 bits per heavy atom. The Bertz CT molecular complexity index is 962. The number of carbonyl (C=O) groups excluding carboxylic acids is 1. The highest BCUT2D eigenvalue weighted by molar-refractivity contribution is 7.14. The molecule has 0 aliphatic carbocycles. The number of carbonyl (C=O) groups is 1. The second-order valence-corrected chi connectivity index (χ2v) is 7.82. The van der Waals surface area contributed by atoms with E-state index in [9.17, 15) is 4.79 Å². The molecule has 4 rings (SSSR count). The maximum absolute atomic E-state index is 12.7. The standard InChI is InChI=1S/C21H23N5OS/c1-25-12-2-4-18(25)7-6-17-15-28-21(23-17)24-20(27)19-5-3-13-26(19)14-16-8-10-22-11-9-16/h3,5-11,13,15,18H,2,4,12,14H2,1H3,(H,23,24,27)/b7-6+/t18-/m1/s1. The second kappa shape index (κ2) is 8.50. The van der Waals surface area contributed by atoms with Crippen LogP contribution in [0.25, 0.3) is 6.08 Å². The minimum Gasteiger partial charge on any atom is -0.339 e. The summed E-state index contributed by atoms with van der Waals surface area (Å²) in [6, 6.07) is 8.08. The molecule has 28 heavy (non-hydrogen) atoms. The van der Waals surface area contributed by atoms with Gasteiger partial charge in [-0.3, -0.25) is 20.0 Å². The quantitative estimate of drug-likeness (QED) is 0.693. The van der Waals surface area contributed by atoms with E-state index in [1.165, 1.54) is 24.2 Å². The van der Waals surface area contributed by atoms with Gasteiger partial charge in [-0.05, 0) is 62.3 Å². The third-order valence-electron chi connectivity index (χ3n) is 4.97. The van der Waals surface area contributed by atoms with Gasteiger partial charge in [0.2, 0.25) is 0 Å². The molecular weight excluding hydrogens is 370 g/mol. The molecule has 4 heterocycles. The van der Waals surface area contributed by atoms with Gasteiger partial charge in [-0.15, -0.1) is 11.3 Å². The molecule has 1 N–H and O–H groups in total. The van der Waals surface area contributed by atoms with Gasteiger partial charge in [-0.2, -0.15) is 0 Å². The molecule has 1 fully saturated rings. The van der Waals surface area contributed by atoms with E-state index in [0.717, 1.165) is 17.8 Å². The number of anilines is 1. The molecule has 1 aliphatic rings. The van der Waals surface area contributed by atoms with Crippen molar-refractivity contribution in [3.8, 4) is 0 Å². The van der Waals surface area contributed by atoms with Crippen LogP contribution in [0.15, 0.2) is 54.3 Å². The first-order valence-corrected chi connectivity index (χ1v) is 10.3. The predicted octanol–water partition coefficient (Wildman–Crippen LogP) is 3.75. The van der Waals surface area contributed by atoms with E-state index >= 15 is 0 Å². The first-order chi connectivity index (χ1) is 13.7. The molecule has 3 aromatic rings. The number of aromatic nitrogens is 3. The van der Waals surface area contributed by atoms with E-state index < -0.39 is 0 Å². The molecule has 144 valence electrons. The number of thiazole rings is 1. The van der Waals surface area contributed by atoms with Crippen LogP contribution < -0.4 is 5.32 Å². The van der Waals surface area contributed by atoms with Crippen LogP contribution in [0.2, 0.25) is 0 Å². The summed E-state index contributed by atoms with van der Waals surface area (Å²) in [6.45, 7) is 1.77. The van der Waals surface area contributed by atoms with Crippen molar-refractivity contribution >= 4 is 28.5 Å². The molecule has 0 spiro atoms. The van der Waals surface area contributed by atoms with Crippen molar-refractivity contribution in [2.45, 2.75) is 25.4 Å². The number of nitrogens with zero attached hydrogens (tertiary/aromatic N) is 4. The molecule has 1 aliphatic heterocycles. The molecule has 0 aromatic carbocycles. The molecule has 0 saturated carbocycles. The average molecular weight is 394 g/mol. The number of likely N-dealkylation sites (N-methyl/N-ethyl adjacent to an activating group) is 1. The van der Waals surface area contributed by atoms with Crippen LogP contribution in [0, 0.1) is 0 Å². The Morgan fingerprint density at radius 1 is 1.36 bits per heavy atom. The number of hydrogen-bond acceptors (Lipinski definition) is 5. The zero-order valence-electron chi connectivity index (χ0n) is 15.8. The summed E-state index contributed by atoms with van der Waals surface area (Å²) in [6.07, 6.45) is 12.1. The van der Waals surface area contributed by atoms with Crippen molar-refractivity contribution in [1.82, 2.24) is 19.4 Å².